The van der Waals surface area contributed by atoms with E-state index in [9.17, 15) is 0 Å². The maximum Gasteiger partial charge on any atom is 0.0917 e. The Balaban J connectivity index is 2.27. The second-order valence-corrected chi connectivity index (χ2v) is 5.43. The Morgan fingerprint density at radius 2 is 1.95 bits per heavy atom. The monoisotopic (exact) mass is 263 g/mol. The molecule has 0 radical (unpaired) electrons. The molecule has 106 valence electrons. The molecule has 19 heavy (non-hydrogen) atoms. The highest BCUT2D eigenvalue weighted by molar-refractivity contribution is 5.33. The van der Waals surface area contributed by atoms with Crippen molar-refractivity contribution in [3.05, 3.63) is 34.9 Å². The molecule has 0 aromatic heterocycles. The molecule has 1 unspecified atom stereocenters. The van der Waals surface area contributed by atoms with Gasteiger partial charge in [-0.25, -0.2) is 0 Å². The van der Waals surface area contributed by atoms with Crippen molar-refractivity contribution in [3.8, 4) is 0 Å². The quantitative estimate of drug-likeness (QED) is 0.908. The Bertz CT molecular complexity index is 419. The van der Waals surface area contributed by atoms with Crippen molar-refractivity contribution in [2.45, 2.75) is 45.3 Å². The molecule has 1 aliphatic heterocycles. The summed E-state index contributed by atoms with van der Waals surface area (Å²) in [5.41, 5.74) is 10.0. The number of hydrogen-bond acceptors (Lipinski definition) is 3. The van der Waals surface area contributed by atoms with E-state index in [0.717, 1.165) is 26.1 Å². The van der Waals surface area contributed by atoms with Crippen molar-refractivity contribution in [3.63, 3.8) is 0 Å². The summed E-state index contributed by atoms with van der Waals surface area (Å²) >= 11 is 0. The molecule has 1 fully saturated rings. The zero-order valence-electron chi connectivity index (χ0n) is 12.2. The lowest BCUT2D eigenvalue weighted by atomic mass is 9.82. The van der Waals surface area contributed by atoms with Crippen LogP contribution in [-0.2, 0) is 9.47 Å². The van der Waals surface area contributed by atoms with Crippen molar-refractivity contribution >= 4 is 0 Å². The third kappa shape index (κ3) is 2.99. The van der Waals surface area contributed by atoms with Crippen LogP contribution in [0, 0.1) is 13.8 Å². The van der Waals surface area contributed by atoms with E-state index in [1.54, 1.807) is 0 Å². The fraction of sp³-hybridized carbons (Fsp3) is 0.625. The van der Waals surface area contributed by atoms with Gasteiger partial charge in [0.05, 0.1) is 11.6 Å². The van der Waals surface area contributed by atoms with Crippen molar-refractivity contribution in [1.29, 1.82) is 0 Å². The van der Waals surface area contributed by atoms with E-state index in [-0.39, 0.29) is 11.6 Å². The predicted molar refractivity (Wildman–Crippen MR) is 77.3 cm³/mol. The molecular formula is C16H25NO2. The van der Waals surface area contributed by atoms with Crippen molar-refractivity contribution in [2.75, 3.05) is 19.8 Å². The Labute approximate surface area is 116 Å². The minimum absolute atomic E-state index is 0.0874. The SMILES string of the molecule is CCOC1(C(N)c2ccc(C)c(C)c2)CCOCC1. The van der Waals surface area contributed by atoms with Crippen LogP contribution >= 0.6 is 0 Å². The molecule has 2 N–H and O–H groups in total. The summed E-state index contributed by atoms with van der Waals surface area (Å²) in [5.74, 6) is 0. The highest BCUT2D eigenvalue weighted by Crippen LogP contribution is 2.36. The van der Waals surface area contributed by atoms with Gasteiger partial charge in [0.1, 0.15) is 0 Å². The summed E-state index contributed by atoms with van der Waals surface area (Å²) in [6, 6.07) is 6.37. The fourth-order valence-electron chi connectivity index (χ4n) is 2.81. The molecule has 0 aliphatic carbocycles. The number of benzene rings is 1. The predicted octanol–water partition coefficient (Wildman–Crippen LogP) is 2.89. The summed E-state index contributed by atoms with van der Waals surface area (Å²) in [5, 5.41) is 0. The zero-order valence-corrected chi connectivity index (χ0v) is 12.2. The van der Waals surface area contributed by atoms with Crippen LogP contribution in [0.15, 0.2) is 18.2 Å². The number of rotatable bonds is 4. The van der Waals surface area contributed by atoms with Crippen LogP contribution in [0.5, 0.6) is 0 Å². The van der Waals surface area contributed by atoms with Crippen LogP contribution in [0.3, 0.4) is 0 Å². The van der Waals surface area contributed by atoms with Crippen LogP contribution in [0.2, 0.25) is 0 Å². The lowest BCUT2D eigenvalue weighted by Gasteiger charge is -2.41. The number of nitrogens with two attached hydrogens (primary N) is 1. The molecule has 0 spiro atoms. The van der Waals surface area contributed by atoms with Crippen molar-refractivity contribution in [2.24, 2.45) is 5.73 Å². The zero-order chi connectivity index (χ0) is 13.9. The van der Waals surface area contributed by atoms with Crippen LogP contribution in [-0.4, -0.2) is 25.4 Å². The minimum atomic E-state index is -0.269. The lowest BCUT2D eigenvalue weighted by molar-refractivity contribution is -0.121. The van der Waals surface area contributed by atoms with Crippen molar-refractivity contribution in [1.82, 2.24) is 0 Å². The van der Waals surface area contributed by atoms with E-state index >= 15 is 0 Å². The van der Waals surface area contributed by atoms with E-state index in [1.165, 1.54) is 16.7 Å². The largest absolute Gasteiger partial charge is 0.381 e. The molecule has 1 atom stereocenters. The first-order valence-electron chi connectivity index (χ1n) is 7.13. The number of ether oxygens (including phenoxy) is 2. The number of hydrogen-bond donors (Lipinski definition) is 1. The van der Waals surface area contributed by atoms with Gasteiger partial charge < -0.3 is 15.2 Å². The molecule has 1 aromatic rings. The van der Waals surface area contributed by atoms with Gasteiger partial charge in [-0.1, -0.05) is 18.2 Å². The fourth-order valence-corrected chi connectivity index (χ4v) is 2.81. The highest BCUT2D eigenvalue weighted by Gasteiger charge is 2.40. The van der Waals surface area contributed by atoms with Crippen LogP contribution in [0.25, 0.3) is 0 Å². The summed E-state index contributed by atoms with van der Waals surface area (Å²) in [6.45, 7) is 8.44. The van der Waals surface area contributed by atoms with E-state index < -0.39 is 0 Å². The van der Waals surface area contributed by atoms with Crippen LogP contribution in [0.4, 0.5) is 0 Å². The average Bonchev–Trinajstić information content (AvgIpc) is 2.42. The maximum absolute atomic E-state index is 6.53. The molecule has 1 heterocycles. The van der Waals surface area contributed by atoms with Gasteiger partial charge in [-0.3, -0.25) is 0 Å². The van der Waals surface area contributed by atoms with Gasteiger partial charge in [0.25, 0.3) is 0 Å². The maximum atomic E-state index is 6.53. The first-order chi connectivity index (χ1) is 9.09. The van der Waals surface area contributed by atoms with Gasteiger partial charge in [-0.2, -0.15) is 0 Å². The van der Waals surface area contributed by atoms with Gasteiger partial charge in [-0.05, 0) is 37.5 Å². The molecule has 0 amide bonds. The van der Waals surface area contributed by atoms with Crippen molar-refractivity contribution < 1.29 is 9.47 Å². The molecule has 1 aliphatic rings. The van der Waals surface area contributed by atoms with Gasteiger partial charge in [0.15, 0.2) is 0 Å². The second-order valence-electron chi connectivity index (χ2n) is 5.43. The second kappa shape index (κ2) is 6.04. The third-order valence-electron chi connectivity index (χ3n) is 4.23. The number of aryl methyl sites for hydroxylation is 2. The first kappa shape index (κ1) is 14.5. The van der Waals surface area contributed by atoms with Gasteiger partial charge >= 0.3 is 0 Å². The first-order valence-corrected chi connectivity index (χ1v) is 7.13. The molecule has 0 saturated carbocycles. The molecule has 2 rings (SSSR count). The Hall–Kier alpha value is -0.900. The molecule has 3 heteroatoms. The Kier molecular flexibility index (Phi) is 4.61. The van der Waals surface area contributed by atoms with Crippen LogP contribution in [0.1, 0.15) is 42.5 Å². The van der Waals surface area contributed by atoms with E-state index in [1.807, 2.05) is 6.92 Å². The molecule has 3 nitrogen and oxygen atoms in total. The molecule has 1 aromatic carbocycles. The van der Waals surface area contributed by atoms with Gasteiger partial charge in [0.2, 0.25) is 0 Å². The Morgan fingerprint density at radius 3 is 2.53 bits per heavy atom. The van der Waals surface area contributed by atoms with Gasteiger partial charge in [-0.15, -0.1) is 0 Å². The summed E-state index contributed by atoms with van der Waals surface area (Å²) in [4.78, 5) is 0. The smallest absolute Gasteiger partial charge is 0.0917 e. The molecule has 0 bridgehead atoms. The highest BCUT2D eigenvalue weighted by atomic mass is 16.5. The molecular weight excluding hydrogens is 238 g/mol. The lowest BCUT2D eigenvalue weighted by Crippen LogP contribution is -2.48. The standard InChI is InChI=1S/C16H25NO2/c1-4-19-16(7-9-18-10-8-16)15(17)14-6-5-12(2)13(3)11-14/h5-6,11,15H,4,7-10,17H2,1-3H3. The van der Waals surface area contributed by atoms with Crippen LogP contribution < -0.4 is 5.73 Å². The summed E-state index contributed by atoms with van der Waals surface area (Å²) < 4.78 is 11.5. The summed E-state index contributed by atoms with van der Waals surface area (Å²) in [7, 11) is 0. The topological polar surface area (TPSA) is 44.5 Å². The Morgan fingerprint density at radius 1 is 1.26 bits per heavy atom. The van der Waals surface area contributed by atoms with Gasteiger partial charge in [0, 0.05) is 32.7 Å². The minimum Gasteiger partial charge on any atom is -0.381 e. The average molecular weight is 263 g/mol. The normalized spacial score (nSPS) is 20.2. The van der Waals surface area contributed by atoms with E-state index in [2.05, 4.69) is 32.0 Å². The van der Waals surface area contributed by atoms with E-state index in [0.29, 0.717) is 6.61 Å². The van der Waals surface area contributed by atoms with E-state index in [4.69, 9.17) is 15.2 Å². The third-order valence-corrected chi connectivity index (χ3v) is 4.23. The molecule has 1 saturated heterocycles. The summed E-state index contributed by atoms with van der Waals surface area (Å²) in [6.07, 6.45) is 1.74.